The van der Waals surface area contributed by atoms with Crippen molar-refractivity contribution in [3.8, 4) is 0 Å². The number of nitrogens with zero attached hydrogens (tertiary/aromatic N) is 3. The lowest BCUT2D eigenvalue weighted by atomic mass is 10.1. The predicted octanol–water partition coefficient (Wildman–Crippen LogP) is 1.59. The van der Waals surface area contributed by atoms with Gasteiger partial charge in [-0.2, -0.15) is 0 Å². The average molecular weight is 279 g/mol. The third-order valence-corrected chi connectivity index (χ3v) is 2.86. The monoisotopic (exact) mass is 279 g/mol. The number of rotatable bonds is 3. The summed E-state index contributed by atoms with van der Waals surface area (Å²) in [4.78, 5) is 22.1. The Kier molecular flexibility index (Phi) is 3.38. The first kappa shape index (κ1) is 12.9. The molecule has 0 unspecified atom stereocenters. The van der Waals surface area contributed by atoms with Gasteiger partial charge in [0.15, 0.2) is 0 Å². The molecule has 0 aliphatic rings. The van der Waals surface area contributed by atoms with Crippen LogP contribution in [0.2, 0.25) is 0 Å². The smallest absolute Gasteiger partial charge is 0.270 e. The molecule has 0 aliphatic heterocycles. The molecule has 8 nitrogen and oxygen atoms in total. The molecule has 0 bridgehead atoms. The highest BCUT2D eigenvalue weighted by Crippen LogP contribution is 2.20. The van der Waals surface area contributed by atoms with Gasteiger partial charge in [0.25, 0.3) is 11.6 Å². The lowest BCUT2D eigenvalue weighted by Crippen LogP contribution is -2.12. The van der Waals surface area contributed by atoms with Crippen LogP contribution >= 0.6 is 11.3 Å². The number of carbonyl (C=O) groups is 1. The van der Waals surface area contributed by atoms with Gasteiger partial charge in [-0.05, 0) is 18.6 Å². The highest BCUT2D eigenvalue weighted by molar-refractivity contribution is 7.19. The zero-order chi connectivity index (χ0) is 14.0. The molecular formula is C10H9N5O3S. The first-order valence-corrected chi connectivity index (χ1v) is 5.94. The van der Waals surface area contributed by atoms with E-state index in [0.29, 0.717) is 5.56 Å². The maximum Gasteiger partial charge on any atom is 0.270 e. The Morgan fingerprint density at radius 3 is 2.74 bits per heavy atom. The van der Waals surface area contributed by atoms with E-state index in [4.69, 9.17) is 5.73 Å². The Bertz CT molecular complexity index is 654. The topological polar surface area (TPSA) is 124 Å². The van der Waals surface area contributed by atoms with Crippen molar-refractivity contribution in [2.45, 2.75) is 6.92 Å². The molecule has 0 spiro atoms. The van der Waals surface area contributed by atoms with Gasteiger partial charge in [-0.1, -0.05) is 11.3 Å². The zero-order valence-corrected chi connectivity index (χ0v) is 10.6. The molecule has 0 atom stereocenters. The number of aromatic nitrogens is 2. The molecule has 0 saturated carbocycles. The van der Waals surface area contributed by atoms with Gasteiger partial charge in [0, 0.05) is 17.7 Å². The summed E-state index contributed by atoms with van der Waals surface area (Å²) < 4.78 is 0. The third-order valence-electron chi connectivity index (χ3n) is 2.20. The largest absolute Gasteiger partial charge is 0.374 e. The summed E-state index contributed by atoms with van der Waals surface area (Å²) in [5.74, 6) is -0.497. The number of anilines is 2. The fourth-order valence-electron chi connectivity index (χ4n) is 1.45. The molecular weight excluding hydrogens is 270 g/mol. The van der Waals surface area contributed by atoms with Gasteiger partial charge in [0.1, 0.15) is 0 Å². The van der Waals surface area contributed by atoms with E-state index >= 15 is 0 Å². The fourth-order valence-corrected chi connectivity index (χ4v) is 1.96. The number of non-ortho nitro benzene ring substituents is 1. The summed E-state index contributed by atoms with van der Waals surface area (Å²) >= 11 is 1.02. The average Bonchev–Trinajstić information content (AvgIpc) is 2.73. The minimum absolute atomic E-state index is 0.137. The van der Waals surface area contributed by atoms with E-state index in [9.17, 15) is 14.9 Å². The van der Waals surface area contributed by atoms with Crippen molar-refractivity contribution < 1.29 is 9.72 Å². The second-order valence-corrected chi connectivity index (χ2v) is 4.72. The Labute approximate surface area is 111 Å². The molecule has 2 aromatic rings. The molecule has 19 heavy (non-hydrogen) atoms. The van der Waals surface area contributed by atoms with Gasteiger partial charge < -0.3 is 5.73 Å². The first-order valence-electron chi connectivity index (χ1n) is 5.12. The number of amides is 1. The molecule has 98 valence electrons. The van der Waals surface area contributed by atoms with Crippen molar-refractivity contribution in [2.75, 3.05) is 11.1 Å². The molecule has 1 aromatic heterocycles. The van der Waals surface area contributed by atoms with Crippen LogP contribution in [0.5, 0.6) is 0 Å². The number of nitro groups is 1. The van der Waals surface area contributed by atoms with Crippen molar-refractivity contribution in [2.24, 2.45) is 0 Å². The van der Waals surface area contributed by atoms with Crippen LogP contribution in [-0.2, 0) is 0 Å². The van der Waals surface area contributed by atoms with E-state index in [-0.39, 0.29) is 21.5 Å². The number of hydrogen-bond donors (Lipinski definition) is 2. The highest BCUT2D eigenvalue weighted by Gasteiger charge is 2.14. The van der Waals surface area contributed by atoms with Gasteiger partial charge in [-0.25, -0.2) is 0 Å². The Morgan fingerprint density at radius 2 is 2.16 bits per heavy atom. The minimum atomic E-state index is -0.549. The second-order valence-electron chi connectivity index (χ2n) is 3.71. The lowest BCUT2D eigenvalue weighted by molar-refractivity contribution is -0.384. The van der Waals surface area contributed by atoms with Gasteiger partial charge in [-0.15, -0.1) is 10.2 Å². The molecule has 0 aliphatic carbocycles. The fraction of sp³-hybridized carbons (Fsp3) is 0.100. The number of nitrogen functional groups attached to an aromatic ring is 1. The number of nitro benzene ring substituents is 1. The number of aryl methyl sites for hydroxylation is 1. The number of carbonyl (C=O) groups excluding carboxylic acids is 1. The van der Waals surface area contributed by atoms with Crippen LogP contribution in [0.15, 0.2) is 18.2 Å². The van der Waals surface area contributed by atoms with Crippen LogP contribution in [-0.4, -0.2) is 21.0 Å². The number of nitrogens with one attached hydrogen (secondary N) is 1. The quantitative estimate of drug-likeness (QED) is 0.649. The maximum absolute atomic E-state index is 11.9. The second kappa shape index (κ2) is 4.98. The van der Waals surface area contributed by atoms with E-state index in [0.717, 1.165) is 11.3 Å². The summed E-state index contributed by atoms with van der Waals surface area (Å²) in [7, 11) is 0. The Hall–Kier alpha value is -2.55. The van der Waals surface area contributed by atoms with Crippen LogP contribution in [0, 0.1) is 17.0 Å². The molecule has 3 N–H and O–H groups in total. The van der Waals surface area contributed by atoms with Crippen molar-refractivity contribution in [3.05, 3.63) is 39.4 Å². The Morgan fingerprint density at radius 1 is 1.42 bits per heavy atom. The van der Waals surface area contributed by atoms with Gasteiger partial charge in [0.2, 0.25) is 10.3 Å². The lowest BCUT2D eigenvalue weighted by Gasteiger charge is -2.02. The normalized spacial score (nSPS) is 10.2. The van der Waals surface area contributed by atoms with Crippen LogP contribution in [0.3, 0.4) is 0 Å². The van der Waals surface area contributed by atoms with Crippen molar-refractivity contribution in [1.29, 1.82) is 0 Å². The number of nitrogens with two attached hydrogens (primary N) is 1. The van der Waals surface area contributed by atoms with Crippen molar-refractivity contribution in [1.82, 2.24) is 10.2 Å². The summed E-state index contributed by atoms with van der Waals surface area (Å²) in [6.07, 6.45) is 0. The molecule has 2 rings (SSSR count). The van der Waals surface area contributed by atoms with E-state index in [1.54, 1.807) is 13.0 Å². The molecule has 1 aromatic carbocycles. The molecule has 0 radical (unpaired) electrons. The Balaban J connectivity index is 2.26. The molecule has 0 fully saturated rings. The predicted molar refractivity (Wildman–Crippen MR) is 70.1 cm³/mol. The van der Waals surface area contributed by atoms with Crippen LogP contribution < -0.4 is 11.1 Å². The molecule has 1 heterocycles. The minimum Gasteiger partial charge on any atom is -0.374 e. The number of hydrogen-bond acceptors (Lipinski definition) is 7. The molecule has 0 saturated heterocycles. The standard InChI is InChI=1S/C10H9N5O3S/c1-5-2-6(4-7(3-5)15(17)18)8(16)12-10-14-13-9(11)19-10/h2-4H,1H3,(H2,11,13)(H,12,14,16). The van der Waals surface area contributed by atoms with Crippen LogP contribution in [0.1, 0.15) is 15.9 Å². The van der Waals surface area contributed by atoms with Gasteiger partial charge in [0.05, 0.1) is 4.92 Å². The van der Waals surface area contributed by atoms with E-state index < -0.39 is 10.8 Å². The number of benzene rings is 1. The van der Waals surface area contributed by atoms with Gasteiger partial charge in [-0.3, -0.25) is 20.2 Å². The molecule has 1 amide bonds. The van der Waals surface area contributed by atoms with E-state index in [1.807, 2.05) is 0 Å². The summed E-state index contributed by atoms with van der Waals surface area (Å²) in [6.45, 7) is 1.67. The van der Waals surface area contributed by atoms with E-state index in [2.05, 4.69) is 15.5 Å². The highest BCUT2D eigenvalue weighted by atomic mass is 32.1. The van der Waals surface area contributed by atoms with Crippen molar-refractivity contribution in [3.63, 3.8) is 0 Å². The van der Waals surface area contributed by atoms with Gasteiger partial charge >= 0.3 is 0 Å². The van der Waals surface area contributed by atoms with Crippen LogP contribution in [0.4, 0.5) is 16.0 Å². The van der Waals surface area contributed by atoms with E-state index in [1.165, 1.54) is 12.1 Å². The summed E-state index contributed by atoms with van der Waals surface area (Å²) in [6, 6.07) is 4.14. The first-order chi connectivity index (χ1) is 8.95. The SMILES string of the molecule is Cc1cc(C(=O)Nc2nnc(N)s2)cc([N+](=O)[O-])c1. The summed E-state index contributed by atoms with van der Waals surface area (Å²) in [5, 5.41) is 20.9. The van der Waals surface area contributed by atoms with Crippen molar-refractivity contribution >= 4 is 33.2 Å². The van der Waals surface area contributed by atoms with Crippen LogP contribution in [0.25, 0.3) is 0 Å². The zero-order valence-electron chi connectivity index (χ0n) is 9.78. The molecule has 9 heteroatoms. The maximum atomic E-state index is 11.9. The summed E-state index contributed by atoms with van der Waals surface area (Å²) in [5.41, 5.74) is 6.05. The third kappa shape index (κ3) is 3.01.